The second kappa shape index (κ2) is 9.39. The molecule has 1 amide bonds. The van der Waals surface area contributed by atoms with Gasteiger partial charge in [0.25, 0.3) is 5.91 Å². The molecular weight excluding hydrogens is 512 g/mol. The molecule has 9 nitrogen and oxygen atoms in total. The van der Waals surface area contributed by atoms with Gasteiger partial charge in [-0.1, -0.05) is 25.4 Å². The Bertz CT molecular complexity index is 1310. The van der Waals surface area contributed by atoms with E-state index < -0.39 is 52.0 Å². The maximum atomic E-state index is 13.6. The van der Waals surface area contributed by atoms with Crippen molar-refractivity contribution < 1.29 is 34.8 Å². The molecule has 1 aromatic rings. The molecule has 10 heteroatoms. The summed E-state index contributed by atoms with van der Waals surface area (Å²) in [5.41, 5.74) is 2.92. The molecule has 1 heterocycles. The topological polar surface area (TPSA) is 161 Å². The van der Waals surface area contributed by atoms with Gasteiger partial charge < -0.3 is 26.2 Å². The van der Waals surface area contributed by atoms with Crippen LogP contribution < -0.4 is 5.73 Å². The number of phenols is 1. The molecule has 5 rings (SSSR count). The average Bonchev–Trinajstić information content (AvgIpc) is 2.84. The third-order valence-electron chi connectivity index (χ3n) is 9.04. The van der Waals surface area contributed by atoms with Crippen LogP contribution in [0.4, 0.5) is 0 Å². The Kier molecular flexibility index (Phi) is 6.60. The number of ketones is 2. The van der Waals surface area contributed by atoms with Gasteiger partial charge in [-0.05, 0) is 73.7 Å². The number of piperidine rings is 1. The first-order valence-electron chi connectivity index (χ1n) is 13.1. The van der Waals surface area contributed by atoms with Crippen molar-refractivity contribution in [1.29, 1.82) is 0 Å². The maximum Gasteiger partial charge on any atom is 0.255 e. The van der Waals surface area contributed by atoms with E-state index in [-0.39, 0.29) is 36.1 Å². The van der Waals surface area contributed by atoms with Crippen molar-refractivity contribution in [2.45, 2.75) is 58.1 Å². The third-order valence-corrected chi connectivity index (χ3v) is 9.51. The number of benzene rings is 1. The number of likely N-dealkylation sites (tertiary alicyclic amines) is 1. The van der Waals surface area contributed by atoms with Crippen molar-refractivity contribution in [3.63, 3.8) is 0 Å². The molecule has 3 aliphatic carbocycles. The summed E-state index contributed by atoms with van der Waals surface area (Å²) in [6, 6.07) is 1.50. The highest BCUT2D eigenvalue weighted by atomic mass is 35.5. The lowest BCUT2D eigenvalue weighted by Crippen LogP contribution is -2.58. The quantitative estimate of drug-likeness (QED) is 0.361. The van der Waals surface area contributed by atoms with Gasteiger partial charge in [-0.15, -0.1) is 0 Å². The van der Waals surface area contributed by atoms with Gasteiger partial charge in [-0.3, -0.25) is 19.3 Å². The van der Waals surface area contributed by atoms with Gasteiger partial charge in [0.1, 0.15) is 22.8 Å². The standard InChI is InChI=1S/C28H33ClN2O7/c1-12(2)13-3-5-31(6-4-13)11-15-9-18(32)21-17(23(15)29)8-14-7-16-10-19(33)22(27(30)37)26(36)28(16,38)25(35)20(14)24(21)34/h9,12-14,16,32,34,36,38H,3-8,10-11H2,1-2H3,(H2,30,37)/t14?,16-,28-/m0/s1. The predicted molar refractivity (Wildman–Crippen MR) is 139 cm³/mol. The van der Waals surface area contributed by atoms with Crippen LogP contribution in [0.15, 0.2) is 23.0 Å². The van der Waals surface area contributed by atoms with E-state index >= 15 is 0 Å². The lowest BCUT2D eigenvalue weighted by Gasteiger charge is -2.46. The highest BCUT2D eigenvalue weighted by Crippen LogP contribution is 2.53. The van der Waals surface area contributed by atoms with Crippen LogP contribution >= 0.6 is 11.6 Å². The summed E-state index contributed by atoms with van der Waals surface area (Å²) < 4.78 is 0. The monoisotopic (exact) mass is 544 g/mol. The molecule has 3 atom stereocenters. The number of carbonyl (C=O) groups excluding carboxylic acids is 3. The normalized spacial score (nSPS) is 28.4. The minimum atomic E-state index is -2.57. The minimum absolute atomic E-state index is 0.0180. The summed E-state index contributed by atoms with van der Waals surface area (Å²) in [5.74, 6) is -5.15. The van der Waals surface area contributed by atoms with Gasteiger partial charge in [0.15, 0.2) is 11.4 Å². The lowest BCUT2D eigenvalue weighted by atomic mass is 9.59. The highest BCUT2D eigenvalue weighted by Gasteiger charge is 2.60. The van der Waals surface area contributed by atoms with E-state index in [0.29, 0.717) is 29.0 Å². The SMILES string of the molecule is CC(C)C1CCN(Cc2cc(O)c3c(c2Cl)CC2C[C@H]4CC(=O)C(C(N)=O)=C(O)[C@@]4(O)C(=O)C2=C3O)CC1. The number of aliphatic hydroxyl groups is 3. The van der Waals surface area contributed by atoms with Gasteiger partial charge in [0.2, 0.25) is 5.78 Å². The second-order valence-electron chi connectivity index (χ2n) is 11.5. The summed E-state index contributed by atoms with van der Waals surface area (Å²) in [6.45, 7) is 6.85. The summed E-state index contributed by atoms with van der Waals surface area (Å²) in [4.78, 5) is 40.1. The molecule has 0 bridgehead atoms. The van der Waals surface area contributed by atoms with Crippen LogP contribution in [-0.4, -0.2) is 61.5 Å². The number of hydrogen-bond donors (Lipinski definition) is 5. The summed E-state index contributed by atoms with van der Waals surface area (Å²) >= 11 is 6.84. The van der Waals surface area contributed by atoms with Gasteiger partial charge in [0.05, 0.1) is 5.56 Å². The number of carbonyl (C=O) groups is 3. The molecule has 1 unspecified atom stereocenters. The number of phenolic OH excluding ortho intramolecular Hbond substituents is 1. The van der Waals surface area contributed by atoms with Gasteiger partial charge in [0, 0.05) is 29.5 Å². The van der Waals surface area contributed by atoms with Crippen LogP contribution in [0.2, 0.25) is 5.02 Å². The number of Topliss-reactive ketones (excluding diaryl/α,β-unsaturated/α-hetero) is 2. The van der Waals surface area contributed by atoms with E-state index in [9.17, 15) is 34.8 Å². The van der Waals surface area contributed by atoms with Crippen molar-refractivity contribution in [2.24, 2.45) is 29.4 Å². The number of fused-ring (bicyclic) bond motifs is 3. The molecule has 204 valence electrons. The van der Waals surface area contributed by atoms with Crippen molar-refractivity contribution in [3.05, 3.63) is 44.7 Å². The fraction of sp³-hybridized carbons (Fsp3) is 0.536. The number of primary amides is 1. The molecule has 2 fully saturated rings. The molecule has 1 saturated carbocycles. The van der Waals surface area contributed by atoms with Crippen LogP contribution in [0.25, 0.3) is 5.76 Å². The molecule has 1 aliphatic heterocycles. The molecule has 6 N–H and O–H groups in total. The lowest BCUT2D eigenvalue weighted by molar-refractivity contribution is -0.147. The molecule has 38 heavy (non-hydrogen) atoms. The van der Waals surface area contributed by atoms with Crippen LogP contribution in [0.5, 0.6) is 5.75 Å². The van der Waals surface area contributed by atoms with Gasteiger partial charge >= 0.3 is 0 Å². The smallest absolute Gasteiger partial charge is 0.255 e. The van der Waals surface area contributed by atoms with E-state index in [1.165, 1.54) is 6.07 Å². The third kappa shape index (κ3) is 3.94. The Balaban J connectivity index is 1.51. The largest absolute Gasteiger partial charge is 0.508 e. The Morgan fingerprint density at radius 2 is 1.84 bits per heavy atom. The number of rotatable bonds is 4. The zero-order chi connectivity index (χ0) is 27.7. The molecule has 0 radical (unpaired) electrons. The number of halogens is 1. The first kappa shape index (κ1) is 26.7. The fourth-order valence-corrected chi connectivity index (χ4v) is 7.14. The molecule has 0 spiro atoms. The van der Waals surface area contributed by atoms with E-state index in [4.69, 9.17) is 17.3 Å². The van der Waals surface area contributed by atoms with Crippen molar-refractivity contribution in [3.8, 4) is 5.75 Å². The number of aliphatic hydroxyl groups excluding tert-OH is 2. The van der Waals surface area contributed by atoms with Crippen LogP contribution in [-0.2, 0) is 27.3 Å². The minimum Gasteiger partial charge on any atom is -0.508 e. The van der Waals surface area contributed by atoms with Crippen molar-refractivity contribution in [2.75, 3.05) is 13.1 Å². The average molecular weight is 545 g/mol. The van der Waals surface area contributed by atoms with Crippen molar-refractivity contribution >= 4 is 34.8 Å². The summed E-state index contributed by atoms with van der Waals surface area (Å²) in [5, 5.41) is 44.5. The molecule has 4 aliphatic rings. The van der Waals surface area contributed by atoms with E-state index in [0.717, 1.165) is 31.5 Å². The van der Waals surface area contributed by atoms with Gasteiger partial charge in [-0.2, -0.15) is 0 Å². The Morgan fingerprint density at radius 1 is 1.18 bits per heavy atom. The van der Waals surface area contributed by atoms with Crippen molar-refractivity contribution in [1.82, 2.24) is 4.90 Å². The Labute approximate surface area is 225 Å². The number of nitrogens with two attached hydrogens (primary N) is 1. The number of nitrogens with zero attached hydrogens (tertiary/aromatic N) is 1. The fourth-order valence-electron chi connectivity index (χ4n) is 6.86. The first-order chi connectivity index (χ1) is 17.9. The number of aromatic hydroxyl groups is 1. The number of amides is 1. The number of hydrogen-bond acceptors (Lipinski definition) is 8. The van der Waals surface area contributed by atoms with Crippen LogP contribution in [0.1, 0.15) is 56.2 Å². The molecular formula is C28H33ClN2O7. The Morgan fingerprint density at radius 3 is 2.45 bits per heavy atom. The molecule has 0 aromatic heterocycles. The highest BCUT2D eigenvalue weighted by molar-refractivity contribution is 6.32. The first-order valence-corrected chi connectivity index (χ1v) is 13.5. The zero-order valence-electron chi connectivity index (χ0n) is 21.5. The van der Waals surface area contributed by atoms with Crippen LogP contribution in [0, 0.1) is 23.7 Å². The second-order valence-corrected chi connectivity index (χ2v) is 11.9. The zero-order valence-corrected chi connectivity index (χ0v) is 22.2. The molecule has 1 saturated heterocycles. The van der Waals surface area contributed by atoms with E-state index in [2.05, 4.69) is 18.7 Å². The molecule has 1 aromatic carbocycles. The summed E-state index contributed by atoms with van der Waals surface area (Å²) in [7, 11) is 0. The maximum absolute atomic E-state index is 13.6. The summed E-state index contributed by atoms with van der Waals surface area (Å²) in [6.07, 6.45) is 2.10. The van der Waals surface area contributed by atoms with E-state index in [1.54, 1.807) is 0 Å². The van der Waals surface area contributed by atoms with Gasteiger partial charge in [-0.25, -0.2) is 0 Å². The van der Waals surface area contributed by atoms with E-state index in [1.807, 2.05) is 0 Å². The Hall–Kier alpha value is -2.88. The van der Waals surface area contributed by atoms with Crippen LogP contribution in [0.3, 0.4) is 0 Å². The predicted octanol–water partition coefficient (Wildman–Crippen LogP) is 2.95.